The molecule has 0 amide bonds. The molecule has 0 saturated heterocycles. The minimum Gasteiger partial charge on any atom is -0.311 e. The highest BCUT2D eigenvalue weighted by molar-refractivity contribution is 4.93. The van der Waals surface area contributed by atoms with E-state index in [1.54, 1.807) is 0 Å². The van der Waals surface area contributed by atoms with Crippen molar-refractivity contribution in [3.63, 3.8) is 0 Å². The van der Waals surface area contributed by atoms with Gasteiger partial charge in [-0.15, -0.1) is 0 Å². The van der Waals surface area contributed by atoms with E-state index in [9.17, 15) is 5.26 Å². The highest BCUT2D eigenvalue weighted by Crippen LogP contribution is 2.22. The van der Waals surface area contributed by atoms with E-state index in [2.05, 4.69) is 37.2 Å². The number of nitrogens with one attached hydrogen (secondary N) is 1. The summed E-state index contributed by atoms with van der Waals surface area (Å²) in [5.41, 5.74) is 0. The number of rotatable bonds is 6. The lowest BCUT2D eigenvalue weighted by molar-refractivity contribution is 0.243. The summed E-state index contributed by atoms with van der Waals surface area (Å²) in [5.74, 6) is 0.224. The Labute approximate surface area is 113 Å². The van der Waals surface area contributed by atoms with Crippen molar-refractivity contribution >= 4 is 0 Å². The summed E-state index contributed by atoms with van der Waals surface area (Å²) < 4.78 is 0. The zero-order valence-electron chi connectivity index (χ0n) is 12.3. The summed E-state index contributed by atoms with van der Waals surface area (Å²) in [7, 11) is 2.19. The smallest absolute Gasteiger partial charge is 0.0672 e. The summed E-state index contributed by atoms with van der Waals surface area (Å²) in [6.07, 6.45) is 7.24. The molecule has 0 bridgehead atoms. The minimum atomic E-state index is 0.224. The molecular weight excluding hydrogens is 222 g/mol. The Kier molecular flexibility index (Phi) is 7.31. The molecule has 1 fully saturated rings. The lowest BCUT2D eigenvalue weighted by Gasteiger charge is -2.26. The maximum atomic E-state index is 9.22. The third-order valence-corrected chi connectivity index (χ3v) is 4.40. The molecule has 1 aliphatic carbocycles. The van der Waals surface area contributed by atoms with Crippen molar-refractivity contribution in [2.75, 3.05) is 20.1 Å². The lowest BCUT2D eigenvalue weighted by atomic mass is 9.96. The van der Waals surface area contributed by atoms with Crippen LogP contribution in [0, 0.1) is 17.2 Å². The fourth-order valence-corrected chi connectivity index (χ4v) is 2.66. The van der Waals surface area contributed by atoms with E-state index in [1.165, 1.54) is 32.1 Å². The quantitative estimate of drug-likeness (QED) is 0.738. The zero-order chi connectivity index (χ0) is 13.4. The predicted molar refractivity (Wildman–Crippen MR) is 76.4 cm³/mol. The summed E-state index contributed by atoms with van der Waals surface area (Å²) in [6.45, 7) is 6.57. The van der Waals surface area contributed by atoms with Gasteiger partial charge in [-0.25, -0.2) is 0 Å². The van der Waals surface area contributed by atoms with Gasteiger partial charge in [0.1, 0.15) is 0 Å². The van der Waals surface area contributed by atoms with Crippen molar-refractivity contribution < 1.29 is 0 Å². The van der Waals surface area contributed by atoms with Crippen LogP contribution in [0.2, 0.25) is 0 Å². The summed E-state index contributed by atoms with van der Waals surface area (Å²) >= 11 is 0. The molecule has 104 valence electrons. The highest BCUT2D eigenvalue weighted by Gasteiger charge is 2.22. The molecule has 0 aliphatic heterocycles. The van der Waals surface area contributed by atoms with Gasteiger partial charge in [0.05, 0.1) is 12.0 Å². The molecule has 0 radical (unpaired) electrons. The highest BCUT2D eigenvalue weighted by atomic mass is 15.1. The van der Waals surface area contributed by atoms with Gasteiger partial charge in [-0.3, -0.25) is 0 Å². The van der Waals surface area contributed by atoms with Crippen LogP contribution in [0.5, 0.6) is 0 Å². The van der Waals surface area contributed by atoms with Gasteiger partial charge < -0.3 is 10.2 Å². The molecular formula is C15H29N3. The van der Waals surface area contributed by atoms with E-state index in [-0.39, 0.29) is 5.92 Å². The van der Waals surface area contributed by atoms with E-state index >= 15 is 0 Å². The van der Waals surface area contributed by atoms with Gasteiger partial charge in [-0.05, 0) is 33.2 Å². The Morgan fingerprint density at radius 2 is 2.06 bits per heavy atom. The van der Waals surface area contributed by atoms with Crippen molar-refractivity contribution in [3.8, 4) is 6.07 Å². The van der Waals surface area contributed by atoms with E-state index in [0.29, 0.717) is 12.1 Å². The standard InChI is InChI=1S/C15H29N3/c1-4-13(2)18(3)11-10-17-15-9-7-5-6-8-14(15)12-16/h13-15,17H,4-11H2,1-3H3. The normalized spacial score (nSPS) is 26.6. The topological polar surface area (TPSA) is 39.1 Å². The second kappa shape index (κ2) is 8.50. The summed E-state index contributed by atoms with van der Waals surface area (Å²) in [5, 5.41) is 12.8. The van der Waals surface area contributed by atoms with Gasteiger partial charge in [0.25, 0.3) is 0 Å². The van der Waals surface area contributed by atoms with E-state index in [4.69, 9.17) is 0 Å². The molecule has 1 N–H and O–H groups in total. The molecule has 0 heterocycles. The largest absolute Gasteiger partial charge is 0.311 e. The maximum absolute atomic E-state index is 9.22. The predicted octanol–water partition coefficient (Wildman–Crippen LogP) is 2.78. The van der Waals surface area contributed by atoms with Crippen molar-refractivity contribution in [2.45, 2.75) is 64.5 Å². The van der Waals surface area contributed by atoms with Crippen LogP contribution in [0.4, 0.5) is 0 Å². The van der Waals surface area contributed by atoms with Crippen LogP contribution >= 0.6 is 0 Å². The Morgan fingerprint density at radius 1 is 1.33 bits per heavy atom. The number of hydrogen-bond donors (Lipinski definition) is 1. The maximum Gasteiger partial charge on any atom is 0.0672 e. The van der Waals surface area contributed by atoms with E-state index < -0.39 is 0 Å². The molecule has 3 heteroatoms. The van der Waals surface area contributed by atoms with Crippen LogP contribution < -0.4 is 5.32 Å². The van der Waals surface area contributed by atoms with Gasteiger partial charge in [0.2, 0.25) is 0 Å². The average molecular weight is 251 g/mol. The van der Waals surface area contributed by atoms with Crippen LogP contribution in [-0.4, -0.2) is 37.1 Å². The molecule has 0 aromatic rings. The second-order valence-electron chi connectivity index (χ2n) is 5.67. The lowest BCUT2D eigenvalue weighted by Crippen LogP contribution is -2.41. The molecule has 1 aliphatic rings. The first-order valence-corrected chi connectivity index (χ1v) is 7.52. The Morgan fingerprint density at radius 3 is 2.72 bits per heavy atom. The fraction of sp³-hybridized carbons (Fsp3) is 0.933. The molecule has 0 aromatic heterocycles. The SMILES string of the molecule is CCC(C)N(C)CCNC1CCCCCC1C#N. The van der Waals surface area contributed by atoms with Crippen molar-refractivity contribution in [1.29, 1.82) is 5.26 Å². The van der Waals surface area contributed by atoms with E-state index in [1.807, 2.05) is 0 Å². The van der Waals surface area contributed by atoms with Gasteiger partial charge in [0, 0.05) is 25.2 Å². The van der Waals surface area contributed by atoms with Crippen molar-refractivity contribution in [1.82, 2.24) is 10.2 Å². The minimum absolute atomic E-state index is 0.224. The van der Waals surface area contributed by atoms with Crippen molar-refractivity contribution in [2.24, 2.45) is 5.92 Å². The van der Waals surface area contributed by atoms with Gasteiger partial charge in [0.15, 0.2) is 0 Å². The number of nitriles is 1. The van der Waals surface area contributed by atoms with Crippen LogP contribution in [-0.2, 0) is 0 Å². The Hall–Kier alpha value is -0.590. The Balaban J connectivity index is 2.30. The molecule has 0 aromatic carbocycles. The molecule has 0 spiro atoms. The molecule has 3 atom stereocenters. The first-order chi connectivity index (χ1) is 8.69. The average Bonchev–Trinajstić information content (AvgIpc) is 2.62. The zero-order valence-corrected chi connectivity index (χ0v) is 12.3. The van der Waals surface area contributed by atoms with Crippen LogP contribution in [0.1, 0.15) is 52.4 Å². The fourth-order valence-electron chi connectivity index (χ4n) is 2.66. The number of hydrogen-bond acceptors (Lipinski definition) is 3. The van der Waals surface area contributed by atoms with Gasteiger partial charge in [-0.1, -0.05) is 26.2 Å². The summed E-state index contributed by atoms with van der Waals surface area (Å²) in [4.78, 5) is 2.39. The molecule has 1 rings (SSSR count). The first kappa shape index (κ1) is 15.5. The van der Waals surface area contributed by atoms with Crippen molar-refractivity contribution in [3.05, 3.63) is 0 Å². The Bertz CT molecular complexity index is 259. The number of likely N-dealkylation sites (N-methyl/N-ethyl adjacent to an activating group) is 1. The molecule has 18 heavy (non-hydrogen) atoms. The molecule has 3 unspecified atom stereocenters. The van der Waals surface area contributed by atoms with Crippen LogP contribution in [0.15, 0.2) is 0 Å². The summed E-state index contributed by atoms with van der Waals surface area (Å²) in [6, 6.07) is 3.56. The molecule has 3 nitrogen and oxygen atoms in total. The van der Waals surface area contributed by atoms with Crippen LogP contribution in [0.25, 0.3) is 0 Å². The molecule has 1 saturated carbocycles. The first-order valence-electron chi connectivity index (χ1n) is 7.52. The van der Waals surface area contributed by atoms with E-state index in [0.717, 1.165) is 19.5 Å². The second-order valence-corrected chi connectivity index (χ2v) is 5.67. The van der Waals surface area contributed by atoms with Gasteiger partial charge >= 0.3 is 0 Å². The third-order valence-electron chi connectivity index (χ3n) is 4.40. The monoisotopic (exact) mass is 251 g/mol. The van der Waals surface area contributed by atoms with Crippen LogP contribution in [0.3, 0.4) is 0 Å². The third kappa shape index (κ3) is 4.96. The number of nitrogens with zero attached hydrogens (tertiary/aromatic N) is 2. The van der Waals surface area contributed by atoms with Gasteiger partial charge in [-0.2, -0.15) is 5.26 Å².